The molecule has 0 aliphatic heterocycles. The first kappa shape index (κ1) is 26.2. The van der Waals surface area contributed by atoms with Gasteiger partial charge in [0.1, 0.15) is 12.2 Å². The highest BCUT2D eigenvalue weighted by Crippen LogP contribution is 2.43. The van der Waals surface area contributed by atoms with Crippen molar-refractivity contribution in [2.45, 2.75) is 50.7 Å². The van der Waals surface area contributed by atoms with Crippen LogP contribution in [0.4, 0.5) is 13.2 Å². The van der Waals surface area contributed by atoms with Gasteiger partial charge in [0.25, 0.3) is 5.60 Å². The Labute approximate surface area is 178 Å². The molecule has 0 saturated carbocycles. The maximum Gasteiger partial charge on any atom is 0.432 e. The Bertz CT molecular complexity index is 784. The number of esters is 3. The molecule has 0 aliphatic carbocycles. The molecule has 0 fully saturated rings. The van der Waals surface area contributed by atoms with Gasteiger partial charge in [-0.1, -0.05) is 43.0 Å². The molecule has 10 heteroatoms. The van der Waals surface area contributed by atoms with Crippen LogP contribution in [0, 0.1) is 0 Å². The highest BCUT2D eigenvalue weighted by molar-refractivity contribution is 5.88. The Morgan fingerprint density at radius 3 is 2.13 bits per heavy atom. The van der Waals surface area contributed by atoms with Gasteiger partial charge in [0.2, 0.25) is 6.10 Å². The molecule has 0 saturated heterocycles. The smallest absolute Gasteiger partial charge is 0.432 e. The lowest BCUT2D eigenvalue weighted by Gasteiger charge is -2.33. The lowest BCUT2D eigenvalue weighted by molar-refractivity contribution is -0.278. The second kappa shape index (κ2) is 10.4. The van der Waals surface area contributed by atoms with E-state index in [4.69, 9.17) is 14.2 Å². The summed E-state index contributed by atoms with van der Waals surface area (Å²) in [5, 5.41) is 0. The first-order valence-electron chi connectivity index (χ1n) is 9.16. The highest BCUT2D eigenvalue weighted by atomic mass is 19.4. The van der Waals surface area contributed by atoms with Crippen LogP contribution in [-0.2, 0) is 38.9 Å². The lowest BCUT2D eigenvalue weighted by atomic mass is 9.92. The quantitative estimate of drug-likeness (QED) is 0.326. The summed E-state index contributed by atoms with van der Waals surface area (Å²) in [7, 11) is 0.683. The van der Waals surface area contributed by atoms with Gasteiger partial charge in [-0.3, -0.25) is 4.79 Å². The van der Waals surface area contributed by atoms with Gasteiger partial charge in [-0.25, -0.2) is 9.59 Å². The Kier molecular flexibility index (Phi) is 8.80. The second-order valence-electron chi connectivity index (χ2n) is 7.35. The van der Waals surface area contributed by atoms with E-state index >= 15 is 0 Å². The highest BCUT2D eigenvalue weighted by Gasteiger charge is 2.64. The molecule has 0 spiro atoms. The maximum atomic E-state index is 14.0. The molecule has 0 aliphatic rings. The summed E-state index contributed by atoms with van der Waals surface area (Å²) in [5.41, 5.74) is -5.15. The fraction of sp³-hybridized carbons (Fsp3) is 0.476. The Balaban J connectivity index is 3.32. The molecule has 0 aromatic heterocycles. The second-order valence-corrected chi connectivity index (χ2v) is 7.35. The average molecular weight is 446 g/mol. The number of methoxy groups -OCH3 is 1. The Morgan fingerprint density at radius 1 is 1.10 bits per heavy atom. The van der Waals surface area contributed by atoms with E-state index in [2.05, 4.69) is 11.3 Å². The number of benzene rings is 1. The number of hydrogen-bond donors (Lipinski definition) is 0. The largest absolute Gasteiger partial charge is 0.461 e. The summed E-state index contributed by atoms with van der Waals surface area (Å²) >= 11 is 0. The van der Waals surface area contributed by atoms with Crippen LogP contribution in [0.5, 0.6) is 0 Å². The molecule has 1 aromatic carbocycles. The normalized spacial score (nSPS) is 14.7. The van der Waals surface area contributed by atoms with E-state index in [-0.39, 0.29) is 6.61 Å². The van der Waals surface area contributed by atoms with Crippen molar-refractivity contribution >= 4 is 17.9 Å². The van der Waals surface area contributed by atoms with Gasteiger partial charge in [-0.05, 0) is 20.8 Å². The van der Waals surface area contributed by atoms with Gasteiger partial charge in [0.15, 0.2) is 0 Å². The molecule has 0 radical (unpaired) electrons. The van der Waals surface area contributed by atoms with Crippen molar-refractivity contribution in [3.05, 3.63) is 48.6 Å². The number of ether oxygens (including phenoxy) is 4. The zero-order valence-corrected chi connectivity index (χ0v) is 17.7. The maximum absolute atomic E-state index is 14.0. The standard InChI is InChI=1S/C21H25F3O7/c1-6-12-29-16(25)13-15(17(26)31-19(2,3)4)30-18(27)20(28-5,21(22,23)24)14-10-8-7-9-11-14/h6-11,15H,1,12-13H2,2-5H3/t15-,20+/m0/s1. The summed E-state index contributed by atoms with van der Waals surface area (Å²) in [6.07, 6.45) is -6.85. The molecule has 0 bridgehead atoms. The van der Waals surface area contributed by atoms with Crippen LogP contribution in [0.2, 0.25) is 0 Å². The molecule has 1 rings (SSSR count). The summed E-state index contributed by atoms with van der Waals surface area (Å²) in [6.45, 7) is 7.64. The molecule has 31 heavy (non-hydrogen) atoms. The van der Waals surface area contributed by atoms with Gasteiger partial charge in [-0.2, -0.15) is 13.2 Å². The van der Waals surface area contributed by atoms with E-state index in [0.29, 0.717) is 7.11 Å². The van der Waals surface area contributed by atoms with Crippen molar-refractivity contribution in [3.8, 4) is 0 Å². The summed E-state index contributed by atoms with van der Waals surface area (Å²) in [6, 6.07) is 6.06. The predicted molar refractivity (Wildman–Crippen MR) is 103 cm³/mol. The van der Waals surface area contributed by atoms with Gasteiger partial charge < -0.3 is 18.9 Å². The predicted octanol–water partition coefficient (Wildman–Crippen LogP) is 3.46. The van der Waals surface area contributed by atoms with E-state index in [9.17, 15) is 27.6 Å². The monoisotopic (exact) mass is 446 g/mol. The zero-order valence-electron chi connectivity index (χ0n) is 17.7. The van der Waals surface area contributed by atoms with Crippen molar-refractivity contribution in [2.75, 3.05) is 13.7 Å². The van der Waals surface area contributed by atoms with Crippen molar-refractivity contribution in [1.29, 1.82) is 0 Å². The first-order valence-corrected chi connectivity index (χ1v) is 9.16. The summed E-state index contributed by atoms with van der Waals surface area (Å²) in [5.74, 6) is -4.14. The van der Waals surface area contributed by atoms with Gasteiger partial charge in [0.05, 0.1) is 6.42 Å². The van der Waals surface area contributed by atoms with Crippen LogP contribution in [-0.4, -0.2) is 49.5 Å². The molecule has 0 heterocycles. The average Bonchev–Trinajstić information content (AvgIpc) is 2.65. The Hall–Kier alpha value is -2.88. The fourth-order valence-corrected chi connectivity index (χ4v) is 2.50. The van der Waals surface area contributed by atoms with Gasteiger partial charge in [-0.15, -0.1) is 0 Å². The zero-order chi connectivity index (χ0) is 23.9. The third-order valence-corrected chi connectivity index (χ3v) is 3.81. The first-order chi connectivity index (χ1) is 14.3. The van der Waals surface area contributed by atoms with Crippen LogP contribution in [0.15, 0.2) is 43.0 Å². The molecular weight excluding hydrogens is 421 g/mol. The minimum atomic E-state index is -5.25. The van der Waals surface area contributed by atoms with E-state index < -0.39 is 53.4 Å². The third kappa shape index (κ3) is 6.81. The lowest BCUT2D eigenvalue weighted by Crippen LogP contribution is -2.53. The van der Waals surface area contributed by atoms with Crippen LogP contribution in [0.3, 0.4) is 0 Å². The molecule has 1 aromatic rings. The molecule has 0 unspecified atom stereocenters. The minimum absolute atomic E-state index is 0.206. The number of alkyl halides is 3. The molecule has 7 nitrogen and oxygen atoms in total. The Morgan fingerprint density at radius 2 is 1.68 bits per heavy atom. The molecular formula is C21H25F3O7. The van der Waals surface area contributed by atoms with E-state index in [1.165, 1.54) is 45.0 Å². The topological polar surface area (TPSA) is 88.1 Å². The number of halogens is 3. The van der Waals surface area contributed by atoms with Crippen LogP contribution in [0.1, 0.15) is 32.8 Å². The van der Waals surface area contributed by atoms with Crippen LogP contribution >= 0.6 is 0 Å². The fourth-order valence-electron chi connectivity index (χ4n) is 2.50. The molecule has 2 atom stereocenters. The summed E-state index contributed by atoms with van der Waals surface area (Å²) in [4.78, 5) is 37.2. The van der Waals surface area contributed by atoms with Crippen molar-refractivity contribution < 1.29 is 46.5 Å². The van der Waals surface area contributed by atoms with Crippen LogP contribution in [0.25, 0.3) is 0 Å². The van der Waals surface area contributed by atoms with E-state index in [1.807, 2.05) is 0 Å². The third-order valence-electron chi connectivity index (χ3n) is 3.81. The van der Waals surface area contributed by atoms with Crippen molar-refractivity contribution in [2.24, 2.45) is 0 Å². The van der Waals surface area contributed by atoms with Crippen LogP contribution < -0.4 is 0 Å². The van der Waals surface area contributed by atoms with Crippen molar-refractivity contribution in [1.82, 2.24) is 0 Å². The molecule has 172 valence electrons. The number of carbonyl (C=O) groups is 3. The molecule has 0 N–H and O–H groups in total. The number of carbonyl (C=O) groups excluding carboxylic acids is 3. The van der Waals surface area contributed by atoms with Crippen molar-refractivity contribution in [3.63, 3.8) is 0 Å². The number of rotatable bonds is 9. The SMILES string of the molecule is C=CCOC(=O)C[C@H](OC(=O)[C@](OC)(c1ccccc1)C(F)(F)F)C(=O)OC(C)(C)C. The van der Waals surface area contributed by atoms with E-state index in [0.717, 1.165) is 12.1 Å². The number of hydrogen-bond acceptors (Lipinski definition) is 7. The van der Waals surface area contributed by atoms with Gasteiger partial charge in [0, 0.05) is 12.7 Å². The van der Waals surface area contributed by atoms with Gasteiger partial charge >= 0.3 is 24.1 Å². The summed E-state index contributed by atoms with van der Waals surface area (Å²) < 4.78 is 61.4. The van der Waals surface area contributed by atoms with E-state index in [1.54, 1.807) is 0 Å². The minimum Gasteiger partial charge on any atom is -0.461 e. The molecule has 0 amide bonds.